The van der Waals surface area contributed by atoms with Gasteiger partial charge in [0.2, 0.25) is 0 Å². The Morgan fingerprint density at radius 2 is 1.81 bits per heavy atom. The number of anilines is 1. The number of hydrogen-bond donors (Lipinski definition) is 1. The molecule has 90 valence electrons. The van der Waals surface area contributed by atoms with Crippen molar-refractivity contribution in [3.63, 3.8) is 0 Å². The molecule has 0 aliphatic heterocycles. The monoisotopic (exact) mass is 221 g/mol. The third kappa shape index (κ3) is 3.47. The van der Waals surface area contributed by atoms with E-state index in [2.05, 4.69) is 43.0 Å². The summed E-state index contributed by atoms with van der Waals surface area (Å²) in [5.74, 6) is 1.99. The van der Waals surface area contributed by atoms with Gasteiger partial charge in [0.15, 0.2) is 0 Å². The maximum Gasteiger partial charge on any atom is 0.132 e. The molecule has 0 aromatic carbocycles. The largest absolute Gasteiger partial charge is 0.370 e. The second-order valence-corrected chi connectivity index (χ2v) is 4.23. The van der Waals surface area contributed by atoms with Crippen LogP contribution in [0.3, 0.4) is 0 Å². The highest BCUT2D eigenvalue weighted by atomic mass is 15.0. The van der Waals surface area contributed by atoms with Crippen LogP contribution in [0.1, 0.15) is 50.2 Å². The Labute approximate surface area is 98.7 Å². The van der Waals surface area contributed by atoms with Crippen LogP contribution in [0, 0.1) is 13.8 Å². The Kier molecular flexibility index (Phi) is 5.23. The van der Waals surface area contributed by atoms with Gasteiger partial charge in [-0.25, -0.2) is 9.97 Å². The van der Waals surface area contributed by atoms with Gasteiger partial charge in [-0.1, -0.05) is 20.3 Å². The summed E-state index contributed by atoms with van der Waals surface area (Å²) < 4.78 is 0. The molecule has 0 spiro atoms. The van der Waals surface area contributed by atoms with Crippen molar-refractivity contribution in [2.75, 3.05) is 11.9 Å². The zero-order valence-corrected chi connectivity index (χ0v) is 10.9. The van der Waals surface area contributed by atoms with Crippen molar-refractivity contribution in [3.8, 4) is 0 Å². The first kappa shape index (κ1) is 12.9. The summed E-state index contributed by atoms with van der Waals surface area (Å²) in [5, 5.41) is 3.37. The average Bonchev–Trinajstić information content (AvgIpc) is 2.28. The normalized spacial score (nSPS) is 10.5. The zero-order valence-electron chi connectivity index (χ0n) is 10.9. The SMILES string of the molecule is CCCCc1nc(C)c(C)c(NCCC)n1. The molecule has 0 saturated heterocycles. The zero-order chi connectivity index (χ0) is 12.0. The predicted molar refractivity (Wildman–Crippen MR) is 68.9 cm³/mol. The molecule has 0 aliphatic rings. The van der Waals surface area contributed by atoms with E-state index in [9.17, 15) is 0 Å². The van der Waals surface area contributed by atoms with Gasteiger partial charge in [0.25, 0.3) is 0 Å². The number of aromatic nitrogens is 2. The molecule has 0 fully saturated rings. The molecule has 0 amide bonds. The van der Waals surface area contributed by atoms with Crippen molar-refractivity contribution in [1.82, 2.24) is 9.97 Å². The summed E-state index contributed by atoms with van der Waals surface area (Å²) in [6, 6.07) is 0. The summed E-state index contributed by atoms with van der Waals surface area (Å²) in [6.45, 7) is 9.47. The van der Waals surface area contributed by atoms with Gasteiger partial charge in [-0.15, -0.1) is 0 Å². The van der Waals surface area contributed by atoms with E-state index in [1.54, 1.807) is 0 Å². The highest BCUT2D eigenvalue weighted by molar-refractivity contribution is 5.45. The molecule has 0 radical (unpaired) electrons. The van der Waals surface area contributed by atoms with E-state index >= 15 is 0 Å². The molecule has 3 nitrogen and oxygen atoms in total. The smallest absolute Gasteiger partial charge is 0.132 e. The fourth-order valence-electron chi connectivity index (χ4n) is 1.55. The van der Waals surface area contributed by atoms with Gasteiger partial charge in [0.05, 0.1) is 0 Å². The summed E-state index contributed by atoms with van der Waals surface area (Å²) in [5.41, 5.74) is 2.27. The molecule has 0 bridgehead atoms. The minimum Gasteiger partial charge on any atom is -0.370 e. The Hall–Kier alpha value is -1.12. The Bertz CT molecular complexity index is 334. The number of nitrogens with one attached hydrogen (secondary N) is 1. The van der Waals surface area contributed by atoms with E-state index < -0.39 is 0 Å². The maximum absolute atomic E-state index is 4.59. The van der Waals surface area contributed by atoms with Gasteiger partial charge in [-0.3, -0.25) is 0 Å². The van der Waals surface area contributed by atoms with Gasteiger partial charge in [0, 0.05) is 24.2 Å². The van der Waals surface area contributed by atoms with Crippen LogP contribution in [-0.4, -0.2) is 16.5 Å². The van der Waals surface area contributed by atoms with E-state index in [1.807, 2.05) is 0 Å². The maximum atomic E-state index is 4.59. The van der Waals surface area contributed by atoms with Crippen molar-refractivity contribution >= 4 is 5.82 Å². The van der Waals surface area contributed by atoms with E-state index in [0.717, 1.165) is 43.1 Å². The van der Waals surface area contributed by atoms with Crippen molar-refractivity contribution < 1.29 is 0 Å². The Morgan fingerprint density at radius 3 is 2.44 bits per heavy atom. The molecule has 0 saturated carbocycles. The van der Waals surface area contributed by atoms with Crippen LogP contribution < -0.4 is 5.32 Å². The molecule has 0 unspecified atom stereocenters. The molecule has 16 heavy (non-hydrogen) atoms. The summed E-state index contributed by atoms with van der Waals surface area (Å²) in [6.07, 6.45) is 4.45. The molecule has 1 aromatic rings. The number of nitrogens with zero attached hydrogens (tertiary/aromatic N) is 2. The second-order valence-electron chi connectivity index (χ2n) is 4.23. The van der Waals surface area contributed by atoms with Crippen molar-refractivity contribution in [1.29, 1.82) is 0 Å². The fraction of sp³-hybridized carbons (Fsp3) is 0.692. The minimum atomic E-state index is 0.976. The summed E-state index contributed by atoms with van der Waals surface area (Å²) in [7, 11) is 0. The van der Waals surface area contributed by atoms with Crippen LogP contribution in [0.25, 0.3) is 0 Å². The molecule has 1 N–H and O–H groups in total. The van der Waals surface area contributed by atoms with Crippen LogP contribution in [0.2, 0.25) is 0 Å². The molecule has 0 atom stereocenters. The third-order valence-electron chi connectivity index (χ3n) is 2.73. The van der Waals surface area contributed by atoms with Crippen molar-refractivity contribution in [2.24, 2.45) is 0 Å². The summed E-state index contributed by atoms with van der Waals surface area (Å²) >= 11 is 0. The average molecular weight is 221 g/mol. The number of unbranched alkanes of at least 4 members (excludes halogenated alkanes) is 1. The van der Waals surface area contributed by atoms with Crippen LogP contribution in [0.4, 0.5) is 5.82 Å². The first-order valence-corrected chi connectivity index (χ1v) is 6.27. The molecule has 3 heteroatoms. The number of aryl methyl sites for hydroxylation is 2. The number of hydrogen-bond acceptors (Lipinski definition) is 3. The molecular weight excluding hydrogens is 198 g/mol. The van der Waals surface area contributed by atoms with E-state index in [-0.39, 0.29) is 0 Å². The molecule has 1 rings (SSSR count). The quantitative estimate of drug-likeness (QED) is 0.801. The second kappa shape index (κ2) is 6.46. The van der Waals surface area contributed by atoms with Gasteiger partial charge >= 0.3 is 0 Å². The lowest BCUT2D eigenvalue weighted by atomic mass is 10.2. The molecular formula is C13H23N3. The van der Waals surface area contributed by atoms with Gasteiger partial charge < -0.3 is 5.32 Å². The van der Waals surface area contributed by atoms with Gasteiger partial charge in [-0.2, -0.15) is 0 Å². The van der Waals surface area contributed by atoms with Crippen molar-refractivity contribution in [2.45, 2.75) is 53.4 Å². The van der Waals surface area contributed by atoms with Gasteiger partial charge in [0.1, 0.15) is 11.6 Å². The van der Waals surface area contributed by atoms with Crippen LogP contribution in [-0.2, 0) is 6.42 Å². The molecule has 0 aliphatic carbocycles. The van der Waals surface area contributed by atoms with Crippen LogP contribution in [0.5, 0.6) is 0 Å². The predicted octanol–water partition coefficient (Wildman–Crippen LogP) is 3.26. The Morgan fingerprint density at radius 1 is 1.06 bits per heavy atom. The number of rotatable bonds is 6. The lowest BCUT2D eigenvalue weighted by molar-refractivity contribution is 0.746. The topological polar surface area (TPSA) is 37.8 Å². The third-order valence-corrected chi connectivity index (χ3v) is 2.73. The van der Waals surface area contributed by atoms with E-state index in [4.69, 9.17) is 0 Å². The minimum absolute atomic E-state index is 0.976. The van der Waals surface area contributed by atoms with E-state index in [1.165, 1.54) is 12.0 Å². The fourth-order valence-corrected chi connectivity index (χ4v) is 1.55. The lowest BCUT2D eigenvalue weighted by Gasteiger charge is -2.11. The Balaban J connectivity index is 2.83. The van der Waals surface area contributed by atoms with Gasteiger partial charge in [-0.05, 0) is 26.7 Å². The van der Waals surface area contributed by atoms with Crippen LogP contribution in [0.15, 0.2) is 0 Å². The molecule has 1 heterocycles. The first-order valence-electron chi connectivity index (χ1n) is 6.27. The van der Waals surface area contributed by atoms with E-state index in [0.29, 0.717) is 0 Å². The standard InChI is InChI=1S/C13H23N3/c1-5-7-8-12-15-11(4)10(3)13(16-12)14-9-6-2/h5-9H2,1-4H3,(H,14,15,16). The lowest BCUT2D eigenvalue weighted by Crippen LogP contribution is -2.09. The highest BCUT2D eigenvalue weighted by Crippen LogP contribution is 2.15. The first-order chi connectivity index (χ1) is 7.69. The van der Waals surface area contributed by atoms with Crippen molar-refractivity contribution in [3.05, 3.63) is 17.1 Å². The highest BCUT2D eigenvalue weighted by Gasteiger charge is 2.06. The van der Waals surface area contributed by atoms with Crippen LogP contribution >= 0.6 is 0 Å². The summed E-state index contributed by atoms with van der Waals surface area (Å²) in [4.78, 5) is 9.11. The molecule has 1 aromatic heterocycles.